The van der Waals surface area contributed by atoms with Gasteiger partial charge in [-0.05, 0) is 80.0 Å². The summed E-state index contributed by atoms with van der Waals surface area (Å²) in [5.41, 5.74) is 7.89. The minimum Gasteiger partial charge on any atom is -0.291 e. The molecule has 0 spiro atoms. The highest BCUT2D eigenvalue weighted by Gasteiger charge is 2.18. The first-order valence-electron chi connectivity index (χ1n) is 14.8. The maximum Gasteiger partial charge on any atom is 0.156 e. The van der Waals surface area contributed by atoms with Gasteiger partial charge in [-0.15, -0.1) is 11.3 Å². The van der Waals surface area contributed by atoms with Crippen LogP contribution in [-0.4, -0.2) is 14.4 Å². The second kappa shape index (κ2) is 8.96. The fourth-order valence-electron chi connectivity index (χ4n) is 6.86. The van der Waals surface area contributed by atoms with Gasteiger partial charge < -0.3 is 0 Å². The molecule has 4 aromatic heterocycles. The highest BCUT2D eigenvalue weighted by atomic mass is 32.1. The third kappa shape index (κ3) is 3.43. The van der Waals surface area contributed by atoms with Crippen LogP contribution in [0.2, 0.25) is 0 Å². The summed E-state index contributed by atoms with van der Waals surface area (Å²) in [7, 11) is 0. The number of thiophene rings is 1. The van der Waals surface area contributed by atoms with Gasteiger partial charge in [0.25, 0.3) is 0 Å². The number of pyridine rings is 2. The average molecular weight is 578 g/mol. The molecule has 4 heteroatoms. The van der Waals surface area contributed by atoms with Crippen molar-refractivity contribution in [1.29, 1.82) is 0 Å². The molecular weight excluding hydrogens is 555 g/mol. The second-order valence-corrected chi connectivity index (χ2v) is 12.6. The van der Waals surface area contributed by atoms with Crippen LogP contribution in [0.5, 0.6) is 0 Å². The zero-order chi connectivity index (χ0) is 28.8. The van der Waals surface area contributed by atoms with Gasteiger partial charge in [-0.1, -0.05) is 91.0 Å². The van der Waals surface area contributed by atoms with Crippen LogP contribution in [0.1, 0.15) is 0 Å². The van der Waals surface area contributed by atoms with Gasteiger partial charge in [0.15, 0.2) is 5.65 Å². The predicted octanol–water partition coefficient (Wildman–Crippen LogP) is 11.0. The Morgan fingerprint density at radius 2 is 1.30 bits per heavy atom. The number of hydrogen-bond donors (Lipinski definition) is 0. The Bertz CT molecular complexity index is 2760. The van der Waals surface area contributed by atoms with Gasteiger partial charge in [0, 0.05) is 33.3 Å². The number of benzene rings is 6. The largest absolute Gasteiger partial charge is 0.291 e. The zero-order valence-electron chi connectivity index (χ0n) is 23.5. The van der Waals surface area contributed by atoms with Gasteiger partial charge in [0.2, 0.25) is 0 Å². The van der Waals surface area contributed by atoms with Crippen molar-refractivity contribution in [3.8, 4) is 22.4 Å². The van der Waals surface area contributed by atoms with Crippen molar-refractivity contribution >= 4 is 80.5 Å². The molecule has 10 aromatic rings. The summed E-state index contributed by atoms with van der Waals surface area (Å²) in [6.07, 6.45) is 3.81. The van der Waals surface area contributed by atoms with E-state index in [1.54, 1.807) is 0 Å². The molecule has 4 heterocycles. The first kappa shape index (κ1) is 23.9. The molecule has 10 rings (SSSR count). The lowest BCUT2D eigenvalue weighted by Gasteiger charge is -2.11. The molecule has 0 aliphatic carbocycles. The van der Waals surface area contributed by atoms with E-state index in [0.29, 0.717) is 0 Å². The first-order chi connectivity index (χ1) is 21.8. The minimum atomic E-state index is 1.02. The molecule has 6 aromatic carbocycles. The maximum absolute atomic E-state index is 5.26. The Labute approximate surface area is 256 Å². The van der Waals surface area contributed by atoms with Gasteiger partial charge in [0.05, 0.1) is 21.4 Å². The number of hydrogen-bond acceptors (Lipinski definition) is 3. The molecule has 0 aliphatic rings. The third-order valence-electron chi connectivity index (χ3n) is 9.03. The van der Waals surface area contributed by atoms with Gasteiger partial charge in [-0.25, -0.2) is 4.98 Å². The lowest BCUT2D eigenvalue weighted by atomic mass is 9.97. The van der Waals surface area contributed by atoms with E-state index < -0.39 is 0 Å². The lowest BCUT2D eigenvalue weighted by molar-refractivity contribution is 1.25. The number of rotatable bonds is 2. The second-order valence-electron chi connectivity index (χ2n) is 11.5. The summed E-state index contributed by atoms with van der Waals surface area (Å²) >= 11 is 1.83. The summed E-state index contributed by atoms with van der Waals surface area (Å²) in [6, 6.07) is 46.3. The molecule has 0 fully saturated rings. The highest BCUT2D eigenvalue weighted by molar-refractivity contribution is 7.26. The molecule has 0 radical (unpaired) electrons. The molecule has 44 heavy (non-hydrogen) atoms. The Morgan fingerprint density at radius 1 is 0.523 bits per heavy atom. The molecule has 0 unspecified atom stereocenters. The van der Waals surface area contributed by atoms with Crippen LogP contribution in [0.25, 0.3) is 91.6 Å². The summed E-state index contributed by atoms with van der Waals surface area (Å²) < 4.78 is 4.88. The van der Waals surface area contributed by atoms with Crippen molar-refractivity contribution in [3.63, 3.8) is 0 Å². The number of fused-ring (bicyclic) bond motifs is 11. The van der Waals surface area contributed by atoms with Crippen LogP contribution in [-0.2, 0) is 0 Å². The predicted molar refractivity (Wildman–Crippen MR) is 187 cm³/mol. The fourth-order valence-corrected chi connectivity index (χ4v) is 8.02. The van der Waals surface area contributed by atoms with E-state index in [1.165, 1.54) is 69.2 Å². The van der Waals surface area contributed by atoms with Crippen LogP contribution in [0.3, 0.4) is 0 Å². The maximum atomic E-state index is 5.26. The molecule has 204 valence electrons. The number of aromatic nitrogens is 3. The van der Waals surface area contributed by atoms with Crippen molar-refractivity contribution in [2.75, 3.05) is 0 Å². The normalized spacial score (nSPS) is 12.1. The first-order valence-corrected chi connectivity index (χ1v) is 15.6. The van der Waals surface area contributed by atoms with Gasteiger partial charge >= 0.3 is 0 Å². The molecule has 0 atom stereocenters. The van der Waals surface area contributed by atoms with Crippen LogP contribution >= 0.6 is 11.3 Å². The summed E-state index contributed by atoms with van der Waals surface area (Å²) in [6.45, 7) is 0. The number of imidazole rings is 1. The zero-order valence-corrected chi connectivity index (χ0v) is 24.3. The fraction of sp³-hybridized carbons (Fsp3) is 0. The molecule has 3 nitrogen and oxygen atoms in total. The molecule has 0 bridgehead atoms. The molecule has 0 N–H and O–H groups in total. The Balaban J connectivity index is 1.19. The third-order valence-corrected chi connectivity index (χ3v) is 10.2. The quantitative estimate of drug-likeness (QED) is 0.191. The van der Waals surface area contributed by atoms with E-state index in [0.717, 1.165) is 22.4 Å². The Hall–Kier alpha value is -5.58. The van der Waals surface area contributed by atoms with Crippen molar-refractivity contribution in [2.45, 2.75) is 0 Å². The SMILES string of the molecule is c1ccc2cc3c(cc2c1)nc1c2sc4ccccc4c2cc(-c2ccc(-c4ccc5c(ccc6ccncc65)c4)cc2)n31. The van der Waals surface area contributed by atoms with Crippen molar-refractivity contribution in [1.82, 2.24) is 14.4 Å². The molecular formula is C40H23N3S. The number of nitrogens with zero attached hydrogens (tertiary/aromatic N) is 3. The summed E-state index contributed by atoms with van der Waals surface area (Å²) in [4.78, 5) is 9.62. The van der Waals surface area contributed by atoms with E-state index in [1.807, 2.05) is 23.7 Å². The smallest absolute Gasteiger partial charge is 0.156 e. The topological polar surface area (TPSA) is 30.2 Å². The molecule has 0 saturated heterocycles. The van der Waals surface area contributed by atoms with Crippen LogP contribution in [0, 0.1) is 0 Å². The monoisotopic (exact) mass is 577 g/mol. The van der Waals surface area contributed by atoms with Crippen LogP contribution in [0.4, 0.5) is 0 Å². The van der Waals surface area contributed by atoms with E-state index in [-0.39, 0.29) is 0 Å². The Kier molecular flexibility index (Phi) is 4.87. The van der Waals surface area contributed by atoms with Gasteiger partial charge in [-0.2, -0.15) is 0 Å². The van der Waals surface area contributed by atoms with Crippen LogP contribution < -0.4 is 0 Å². The summed E-state index contributed by atoms with van der Waals surface area (Å²) in [5, 5.41) is 9.83. The standard InChI is InChI=1S/C40H23N3S/c1-2-6-28-21-37-35(20-27(28)5-1)42-40-39-33(32-7-3-4-8-38(32)44-39)22-36(43(37)40)26-12-9-24(10-13-26)29-15-16-31-30(19-29)14-11-25-17-18-41-23-34(25)31/h1-23H. The lowest BCUT2D eigenvalue weighted by Crippen LogP contribution is -1.93. The van der Waals surface area contributed by atoms with Gasteiger partial charge in [-0.3, -0.25) is 9.38 Å². The van der Waals surface area contributed by atoms with Gasteiger partial charge in [0.1, 0.15) is 0 Å². The average Bonchev–Trinajstić information content (AvgIpc) is 3.65. The van der Waals surface area contributed by atoms with Crippen molar-refractivity contribution in [2.24, 2.45) is 0 Å². The molecule has 0 saturated carbocycles. The van der Waals surface area contributed by atoms with Crippen LogP contribution in [0.15, 0.2) is 140 Å². The summed E-state index contributed by atoms with van der Waals surface area (Å²) in [5.74, 6) is 0. The Morgan fingerprint density at radius 3 is 2.20 bits per heavy atom. The van der Waals surface area contributed by atoms with E-state index in [2.05, 4.69) is 137 Å². The van der Waals surface area contributed by atoms with E-state index >= 15 is 0 Å². The van der Waals surface area contributed by atoms with Crippen molar-refractivity contribution in [3.05, 3.63) is 140 Å². The molecule has 0 aliphatic heterocycles. The molecule has 0 amide bonds. The van der Waals surface area contributed by atoms with E-state index in [4.69, 9.17) is 4.98 Å². The van der Waals surface area contributed by atoms with E-state index in [9.17, 15) is 0 Å². The van der Waals surface area contributed by atoms with Crippen molar-refractivity contribution < 1.29 is 0 Å². The highest BCUT2D eigenvalue weighted by Crippen LogP contribution is 2.41. The minimum absolute atomic E-state index is 1.02.